The molecule has 2 N–H and O–H groups in total. The predicted octanol–water partition coefficient (Wildman–Crippen LogP) is 1.05. The van der Waals surface area contributed by atoms with Gasteiger partial charge in [0.15, 0.2) is 5.69 Å². The summed E-state index contributed by atoms with van der Waals surface area (Å²) in [5.41, 5.74) is 0.582. The summed E-state index contributed by atoms with van der Waals surface area (Å²) in [6.45, 7) is 2.12. The largest absolute Gasteiger partial charge is 0.476 e. The van der Waals surface area contributed by atoms with Gasteiger partial charge in [0.2, 0.25) is 0 Å². The number of aromatic carboxylic acids is 1. The number of carbonyl (C=O) groups excluding carboxylic acids is 1. The number of amides is 1. The Balaban J connectivity index is 1.97. The lowest BCUT2D eigenvalue weighted by molar-refractivity contribution is 0.0303. The summed E-state index contributed by atoms with van der Waals surface area (Å²) >= 11 is 0. The second kappa shape index (κ2) is 5.10. The fourth-order valence-electron chi connectivity index (χ4n) is 2.44. The molecule has 0 bridgehead atoms. The highest BCUT2D eigenvalue weighted by atomic mass is 16.5. The van der Waals surface area contributed by atoms with Crippen molar-refractivity contribution in [1.29, 1.82) is 0 Å². The first-order chi connectivity index (χ1) is 10.1. The van der Waals surface area contributed by atoms with Gasteiger partial charge >= 0.3 is 5.97 Å². The van der Waals surface area contributed by atoms with E-state index in [1.54, 1.807) is 17.0 Å². The van der Waals surface area contributed by atoms with Crippen molar-refractivity contribution in [3.63, 3.8) is 0 Å². The van der Waals surface area contributed by atoms with Crippen molar-refractivity contribution in [1.82, 2.24) is 9.63 Å². The van der Waals surface area contributed by atoms with E-state index in [0.717, 1.165) is 0 Å². The van der Waals surface area contributed by atoms with Crippen LogP contribution in [0.2, 0.25) is 0 Å². The van der Waals surface area contributed by atoms with Gasteiger partial charge in [-0.3, -0.25) is 4.79 Å². The highest BCUT2D eigenvalue weighted by molar-refractivity contribution is 6.00. The average Bonchev–Trinajstić information content (AvgIpc) is 2.84. The van der Waals surface area contributed by atoms with Crippen molar-refractivity contribution in [3.8, 4) is 0 Å². The Morgan fingerprint density at radius 1 is 1.14 bits per heavy atom. The van der Waals surface area contributed by atoms with Gasteiger partial charge in [0.25, 0.3) is 5.91 Å². The molecular weight excluding hydrogens is 276 g/mol. The van der Waals surface area contributed by atoms with Crippen molar-refractivity contribution in [2.75, 3.05) is 26.3 Å². The molecule has 1 aliphatic rings. The van der Waals surface area contributed by atoms with Crippen molar-refractivity contribution in [2.45, 2.75) is 0 Å². The number of carboxylic acid groups (broad SMARTS) is 1. The van der Waals surface area contributed by atoms with Gasteiger partial charge in [-0.2, -0.15) is 4.73 Å². The summed E-state index contributed by atoms with van der Waals surface area (Å²) in [4.78, 5) is 25.0. The smallest absolute Gasteiger partial charge is 0.356 e. The van der Waals surface area contributed by atoms with E-state index in [2.05, 4.69) is 0 Å². The van der Waals surface area contributed by atoms with Crippen LogP contribution in [0.1, 0.15) is 20.8 Å². The zero-order chi connectivity index (χ0) is 15.0. The van der Waals surface area contributed by atoms with E-state index in [1.165, 1.54) is 12.1 Å². The number of rotatable bonds is 2. The summed E-state index contributed by atoms with van der Waals surface area (Å²) in [6, 6.07) is 6.05. The molecule has 110 valence electrons. The van der Waals surface area contributed by atoms with Gasteiger partial charge in [0.05, 0.1) is 18.7 Å². The van der Waals surface area contributed by atoms with E-state index in [4.69, 9.17) is 9.84 Å². The van der Waals surface area contributed by atoms with Crippen LogP contribution in [-0.4, -0.2) is 58.1 Å². The highest BCUT2D eigenvalue weighted by Crippen LogP contribution is 2.21. The van der Waals surface area contributed by atoms with E-state index >= 15 is 0 Å². The lowest BCUT2D eigenvalue weighted by Gasteiger charge is -2.26. The summed E-state index contributed by atoms with van der Waals surface area (Å²) in [5.74, 6) is -1.35. The number of hydrogen-bond donors (Lipinski definition) is 2. The molecular formula is C14H14N2O5. The summed E-state index contributed by atoms with van der Waals surface area (Å²) < 4.78 is 5.82. The second-order valence-corrected chi connectivity index (χ2v) is 4.82. The zero-order valence-corrected chi connectivity index (χ0v) is 11.2. The van der Waals surface area contributed by atoms with Crippen LogP contribution in [-0.2, 0) is 4.74 Å². The predicted molar refractivity (Wildman–Crippen MR) is 72.8 cm³/mol. The Labute approximate surface area is 119 Å². The van der Waals surface area contributed by atoms with Crippen LogP contribution in [0.3, 0.4) is 0 Å². The maximum Gasteiger partial charge on any atom is 0.356 e. The van der Waals surface area contributed by atoms with Gasteiger partial charge in [0.1, 0.15) is 0 Å². The number of carbonyl (C=O) groups is 2. The lowest BCUT2D eigenvalue weighted by Crippen LogP contribution is -2.40. The van der Waals surface area contributed by atoms with Gasteiger partial charge in [-0.05, 0) is 24.3 Å². The molecule has 0 aliphatic carbocycles. The van der Waals surface area contributed by atoms with Crippen molar-refractivity contribution in [3.05, 3.63) is 35.5 Å². The molecule has 1 fully saturated rings. The molecule has 2 aromatic rings. The fraction of sp³-hybridized carbons (Fsp3) is 0.286. The fourth-order valence-corrected chi connectivity index (χ4v) is 2.44. The maximum absolute atomic E-state index is 12.4. The quantitative estimate of drug-likeness (QED) is 0.807. The van der Waals surface area contributed by atoms with Crippen molar-refractivity contribution < 1.29 is 24.6 Å². The van der Waals surface area contributed by atoms with Crippen LogP contribution >= 0.6 is 0 Å². The third-order valence-corrected chi connectivity index (χ3v) is 3.54. The number of hydrogen-bond acceptors (Lipinski definition) is 4. The first-order valence-corrected chi connectivity index (χ1v) is 6.53. The average molecular weight is 290 g/mol. The standard InChI is InChI=1S/C14H14N2O5/c17-13(15-3-5-21-6-4-15)9-1-2-11-10(7-9)8-12(14(18)19)16(11)20/h1-2,7-8,20H,3-6H2,(H,18,19). The third-order valence-electron chi connectivity index (χ3n) is 3.54. The van der Waals surface area contributed by atoms with Crippen LogP contribution in [0.4, 0.5) is 0 Å². The van der Waals surface area contributed by atoms with E-state index < -0.39 is 5.97 Å². The number of morpholine rings is 1. The first kappa shape index (κ1) is 13.4. The molecule has 0 saturated carbocycles. The molecule has 7 nitrogen and oxygen atoms in total. The molecule has 0 radical (unpaired) electrons. The van der Waals surface area contributed by atoms with E-state index in [9.17, 15) is 14.8 Å². The molecule has 3 rings (SSSR count). The minimum Gasteiger partial charge on any atom is -0.476 e. The van der Waals surface area contributed by atoms with E-state index in [1.807, 2.05) is 0 Å². The zero-order valence-electron chi connectivity index (χ0n) is 11.2. The molecule has 1 amide bonds. The normalized spacial score (nSPS) is 15.3. The minimum atomic E-state index is -1.23. The van der Waals surface area contributed by atoms with Gasteiger partial charge < -0.3 is 20.0 Å². The van der Waals surface area contributed by atoms with Gasteiger partial charge in [-0.25, -0.2) is 4.79 Å². The Hall–Kier alpha value is -2.54. The maximum atomic E-state index is 12.4. The summed E-state index contributed by atoms with van der Waals surface area (Å²) in [7, 11) is 0. The number of nitrogens with zero attached hydrogens (tertiary/aromatic N) is 2. The number of fused-ring (bicyclic) bond motifs is 1. The molecule has 1 saturated heterocycles. The second-order valence-electron chi connectivity index (χ2n) is 4.82. The van der Waals surface area contributed by atoms with Gasteiger partial charge in [-0.1, -0.05) is 0 Å². The van der Waals surface area contributed by atoms with Crippen LogP contribution in [0.25, 0.3) is 10.9 Å². The number of benzene rings is 1. The molecule has 1 aliphatic heterocycles. The molecule has 7 heteroatoms. The molecule has 21 heavy (non-hydrogen) atoms. The Morgan fingerprint density at radius 3 is 2.52 bits per heavy atom. The van der Waals surface area contributed by atoms with Crippen LogP contribution in [0.15, 0.2) is 24.3 Å². The molecule has 1 aromatic carbocycles. The molecule has 1 aromatic heterocycles. The highest BCUT2D eigenvalue weighted by Gasteiger charge is 2.20. The number of aromatic nitrogens is 1. The lowest BCUT2D eigenvalue weighted by atomic mass is 10.1. The van der Waals surface area contributed by atoms with Gasteiger partial charge in [-0.15, -0.1) is 0 Å². The van der Waals surface area contributed by atoms with E-state index in [-0.39, 0.29) is 11.6 Å². The molecule has 0 atom stereocenters. The van der Waals surface area contributed by atoms with Crippen LogP contribution in [0, 0.1) is 0 Å². The summed E-state index contributed by atoms with van der Waals surface area (Å²) in [6.07, 6.45) is 0. The number of ether oxygens (including phenoxy) is 1. The molecule has 0 spiro atoms. The minimum absolute atomic E-state index is 0.122. The monoisotopic (exact) mass is 290 g/mol. The molecule has 2 heterocycles. The number of carboxylic acids is 1. The topological polar surface area (TPSA) is 92.0 Å². The Bertz CT molecular complexity index is 715. The van der Waals surface area contributed by atoms with Crippen molar-refractivity contribution >= 4 is 22.8 Å². The first-order valence-electron chi connectivity index (χ1n) is 6.53. The third kappa shape index (κ3) is 2.31. The Kier molecular flexibility index (Phi) is 3.26. The molecule has 0 unspecified atom stereocenters. The Morgan fingerprint density at radius 2 is 1.86 bits per heavy atom. The summed E-state index contributed by atoms with van der Waals surface area (Å²) in [5, 5.41) is 19.2. The van der Waals surface area contributed by atoms with Gasteiger partial charge in [0, 0.05) is 24.0 Å². The van der Waals surface area contributed by atoms with Crippen LogP contribution < -0.4 is 0 Å². The van der Waals surface area contributed by atoms with Crippen molar-refractivity contribution in [2.24, 2.45) is 0 Å². The van der Waals surface area contributed by atoms with Crippen LogP contribution in [0.5, 0.6) is 0 Å². The SMILES string of the molecule is O=C(O)c1cc2cc(C(=O)N3CCOCC3)ccc2n1O. The van der Waals surface area contributed by atoms with E-state index in [0.29, 0.717) is 47.5 Å².